The summed E-state index contributed by atoms with van der Waals surface area (Å²) in [4.78, 5) is 71.0. The molecule has 47 heavy (non-hydrogen) atoms. The van der Waals surface area contributed by atoms with Crippen LogP contribution in [0, 0.1) is 23.7 Å². The zero-order valence-corrected chi connectivity index (χ0v) is 26.5. The van der Waals surface area contributed by atoms with E-state index in [9.17, 15) is 24.3 Å². The normalized spacial score (nSPS) is 28.2. The number of aromatic hydroxyl groups is 1. The van der Waals surface area contributed by atoms with Gasteiger partial charge in [-0.15, -0.1) is 0 Å². The molecule has 3 aromatic carbocycles. The highest BCUT2D eigenvalue weighted by atomic mass is 35.5. The van der Waals surface area contributed by atoms with Gasteiger partial charge >= 0.3 is 5.97 Å². The van der Waals surface area contributed by atoms with Gasteiger partial charge in [-0.2, -0.15) is 0 Å². The maximum Gasteiger partial charge on any atom is 0.303 e. The maximum atomic E-state index is 15.2. The average molecular weight is 674 g/mol. The number of carboxylic acid groups (broad SMARTS) is 1. The molecular weight excluding hydrogens is 643 g/mol. The number of allylic oxidation sites excluding steroid dienone is 2. The Balaban J connectivity index is 1.43. The molecule has 2 heterocycles. The van der Waals surface area contributed by atoms with E-state index in [-0.39, 0.29) is 48.9 Å². The monoisotopic (exact) mass is 672 g/mol. The lowest BCUT2D eigenvalue weighted by molar-refractivity contribution is -0.142. The van der Waals surface area contributed by atoms with E-state index in [1.54, 1.807) is 30.3 Å². The van der Waals surface area contributed by atoms with Gasteiger partial charge in [-0.1, -0.05) is 77.3 Å². The van der Waals surface area contributed by atoms with Crippen molar-refractivity contribution in [3.8, 4) is 5.75 Å². The van der Waals surface area contributed by atoms with Gasteiger partial charge in [0.25, 0.3) is 0 Å². The van der Waals surface area contributed by atoms with Crippen molar-refractivity contribution < 1.29 is 34.2 Å². The summed E-state index contributed by atoms with van der Waals surface area (Å²) in [5.74, 6) is -6.56. The van der Waals surface area contributed by atoms with E-state index in [2.05, 4.69) is 0 Å². The number of phenolic OH excluding ortho intramolecular Hbond substituents is 1. The number of likely N-dealkylation sites (tertiary alicyclic amines) is 1. The molecule has 0 radical (unpaired) electrons. The van der Waals surface area contributed by atoms with Crippen molar-refractivity contribution in [2.45, 2.75) is 37.0 Å². The van der Waals surface area contributed by atoms with Crippen molar-refractivity contribution in [1.82, 2.24) is 4.90 Å². The third kappa shape index (κ3) is 4.70. The number of benzene rings is 3. The number of hydrogen-bond donors (Lipinski definition) is 2. The Morgan fingerprint density at radius 2 is 1.66 bits per heavy atom. The highest BCUT2D eigenvalue weighted by molar-refractivity contribution is 6.33. The van der Waals surface area contributed by atoms with Gasteiger partial charge in [0.15, 0.2) is 0 Å². The van der Waals surface area contributed by atoms with Gasteiger partial charge in [-0.25, -0.2) is 4.90 Å². The van der Waals surface area contributed by atoms with Crippen LogP contribution in [0.2, 0.25) is 10.0 Å². The van der Waals surface area contributed by atoms with Gasteiger partial charge in [0.05, 0.1) is 28.9 Å². The number of imide groups is 2. The Morgan fingerprint density at radius 1 is 0.894 bits per heavy atom. The van der Waals surface area contributed by atoms with Crippen molar-refractivity contribution in [1.29, 1.82) is 0 Å². The molecule has 0 bridgehead atoms. The van der Waals surface area contributed by atoms with Gasteiger partial charge in [-0.3, -0.25) is 28.9 Å². The summed E-state index contributed by atoms with van der Waals surface area (Å²) >= 11 is 13.2. The lowest BCUT2D eigenvalue weighted by Gasteiger charge is -2.51. The Morgan fingerprint density at radius 3 is 2.36 bits per heavy atom. The van der Waals surface area contributed by atoms with Crippen molar-refractivity contribution in [2.75, 3.05) is 11.4 Å². The molecule has 4 amide bonds. The highest BCUT2D eigenvalue weighted by Crippen LogP contribution is 2.65. The molecule has 3 aromatic rings. The molecule has 1 saturated carbocycles. The Kier molecular flexibility index (Phi) is 7.72. The number of phenols is 1. The van der Waals surface area contributed by atoms with Crippen molar-refractivity contribution >= 4 is 58.5 Å². The largest absolute Gasteiger partial charge is 0.508 e. The average Bonchev–Trinajstić information content (AvgIpc) is 3.42. The lowest BCUT2D eigenvalue weighted by atomic mass is 9.49. The molecule has 11 heteroatoms. The minimum atomic E-state index is -1.48. The second kappa shape index (κ2) is 11.6. The molecule has 4 aliphatic rings. The number of aliphatic carboxylic acids is 1. The van der Waals surface area contributed by atoms with Crippen LogP contribution >= 0.6 is 23.2 Å². The fraction of sp³-hybridized carbons (Fsp3) is 0.306. The van der Waals surface area contributed by atoms with E-state index in [1.165, 1.54) is 17.0 Å². The van der Waals surface area contributed by atoms with Gasteiger partial charge < -0.3 is 10.2 Å². The standard InChI is InChI=1S/C36H30Cl2N2O7/c37-20-8-4-9-21(16-20)40-33(45)27-18-26-23(13-14-25-30(26)34(46)39(32(25)44)15-5-10-29(42)43)31(24-12-11-22(41)17-28(24)38)36(27,35(40)47)19-6-2-1-3-7-19/h1-4,6-9,11-13,16-17,25-27,30-31,41H,5,10,14-15,18H2,(H,42,43). The molecule has 3 fully saturated rings. The smallest absolute Gasteiger partial charge is 0.303 e. The van der Waals surface area contributed by atoms with Crippen LogP contribution < -0.4 is 4.90 Å². The number of hydrogen-bond acceptors (Lipinski definition) is 6. The van der Waals surface area contributed by atoms with Crippen LogP contribution in [0.1, 0.15) is 42.7 Å². The molecule has 0 aromatic heterocycles. The van der Waals surface area contributed by atoms with Gasteiger partial charge in [-0.05, 0) is 66.6 Å². The van der Waals surface area contributed by atoms with E-state index in [0.717, 1.165) is 10.5 Å². The molecule has 7 rings (SSSR count). The molecule has 240 valence electrons. The third-order valence-corrected chi connectivity index (χ3v) is 10.9. The summed E-state index contributed by atoms with van der Waals surface area (Å²) in [7, 11) is 0. The molecule has 2 aliphatic heterocycles. The first-order chi connectivity index (χ1) is 22.5. The van der Waals surface area contributed by atoms with E-state index < -0.39 is 58.7 Å². The van der Waals surface area contributed by atoms with Crippen LogP contribution in [0.3, 0.4) is 0 Å². The number of rotatable bonds is 7. The topological polar surface area (TPSA) is 132 Å². The third-order valence-electron chi connectivity index (χ3n) is 10.3. The Hall–Kier alpha value is -4.47. The van der Waals surface area contributed by atoms with Crippen LogP contribution in [0.25, 0.3) is 0 Å². The molecule has 2 saturated heterocycles. The second-order valence-corrected chi connectivity index (χ2v) is 13.5. The van der Waals surface area contributed by atoms with Gasteiger partial charge in [0, 0.05) is 28.9 Å². The van der Waals surface area contributed by atoms with Gasteiger partial charge in [0.2, 0.25) is 23.6 Å². The molecule has 9 nitrogen and oxygen atoms in total. The highest BCUT2D eigenvalue weighted by Gasteiger charge is 2.70. The SMILES string of the molecule is O=C(O)CCCN1C(=O)C2CC=C3C(CC4C(=O)N(c5cccc(Cl)c5)C(=O)C4(c4ccccc4)C3c3ccc(O)cc3Cl)C2C1=O. The summed E-state index contributed by atoms with van der Waals surface area (Å²) in [6.45, 7) is -0.0103. The summed E-state index contributed by atoms with van der Waals surface area (Å²) < 4.78 is 0. The Labute approximate surface area is 280 Å². The van der Waals surface area contributed by atoms with E-state index >= 15 is 4.79 Å². The fourth-order valence-corrected chi connectivity index (χ4v) is 8.98. The molecule has 2 aliphatic carbocycles. The molecule has 6 unspecified atom stereocenters. The number of anilines is 1. The van der Waals surface area contributed by atoms with Crippen molar-refractivity contribution in [3.63, 3.8) is 0 Å². The summed E-state index contributed by atoms with van der Waals surface area (Å²) in [5, 5.41) is 20.0. The van der Waals surface area contributed by atoms with E-state index in [0.29, 0.717) is 21.8 Å². The van der Waals surface area contributed by atoms with Crippen LogP contribution in [-0.4, -0.2) is 51.3 Å². The van der Waals surface area contributed by atoms with Crippen LogP contribution in [0.5, 0.6) is 5.75 Å². The summed E-state index contributed by atoms with van der Waals surface area (Å²) in [5.41, 5.74) is 0.689. The van der Waals surface area contributed by atoms with Crippen LogP contribution in [-0.2, 0) is 29.4 Å². The molecule has 0 spiro atoms. The summed E-state index contributed by atoms with van der Waals surface area (Å²) in [6.07, 6.45) is 2.23. The van der Waals surface area contributed by atoms with Crippen LogP contribution in [0.4, 0.5) is 5.69 Å². The number of amides is 4. The first-order valence-electron chi connectivity index (χ1n) is 15.5. The predicted molar refractivity (Wildman–Crippen MR) is 173 cm³/mol. The maximum absolute atomic E-state index is 15.2. The number of carbonyl (C=O) groups is 5. The molecular formula is C36H30Cl2N2O7. The zero-order valence-electron chi connectivity index (χ0n) is 25.0. The first-order valence-corrected chi connectivity index (χ1v) is 16.3. The minimum absolute atomic E-state index is 0.0103. The fourth-order valence-electron chi connectivity index (χ4n) is 8.51. The Bertz CT molecular complexity index is 1880. The lowest BCUT2D eigenvalue weighted by Crippen LogP contribution is -2.53. The zero-order chi connectivity index (χ0) is 33.2. The van der Waals surface area contributed by atoms with E-state index in [4.69, 9.17) is 28.3 Å². The van der Waals surface area contributed by atoms with Crippen LogP contribution in [0.15, 0.2) is 84.4 Å². The quantitative estimate of drug-likeness (QED) is 0.242. The number of carboxylic acids is 1. The number of fused-ring (bicyclic) bond motifs is 4. The van der Waals surface area contributed by atoms with Gasteiger partial charge in [0.1, 0.15) is 5.75 Å². The van der Waals surface area contributed by atoms with Crippen molar-refractivity contribution in [2.24, 2.45) is 23.7 Å². The molecule has 2 N–H and O–H groups in total. The first kappa shape index (κ1) is 31.1. The second-order valence-electron chi connectivity index (χ2n) is 12.6. The van der Waals surface area contributed by atoms with E-state index in [1.807, 2.05) is 36.4 Å². The number of halogens is 2. The molecule has 6 atom stereocenters. The number of nitrogens with zero attached hydrogens (tertiary/aromatic N) is 2. The van der Waals surface area contributed by atoms with Crippen molar-refractivity contribution in [3.05, 3.63) is 106 Å². The predicted octanol–water partition coefficient (Wildman–Crippen LogP) is 5.73. The minimum Gasteiger partial charge on any atom is -0.508 e. The summed E-state index contributed by atoms with van der Waals surface area (Å²) in [6, 6.07) is 20.1. The number of carbonyl (C=O) groups excluding carboxylic acids is 4.